The third-order valence-electron chi connectivity index (χ3n) is 3.51. The Bertz CT molecular complexity index is 337. The van der Waals surface area contributed by atoms with Crippen molar-refractivity contribution in [3.63, 3.8) is 0 Å². The van der Waals surface area contributed by atoms with Crippen LogP contribution in [0, 0.1) is 5.92 Å². The molecule has 102 valence electrons. The van der Waals surface area contributed by atoms with Gasteiger partial charge >= 0.3 is 6.09 Å². The molecule has 3 atom stereocenters. The molecule has 2 unspecified atom stereocenters. The lowest BCUT2D eigenvalue weighted by atomic mass is 9.91. The summed E-state index contributed by atoms with van der Waals surface area (Å²) in [5.41, 5.74) is 4.99. The first-order valence-electron chi connectivity index (χ1n) is 6.51. The second-order valence-corrected chi connectivity index (χ2v) is 6.03. The topological polar surface area (TPSA) is 72.6 Å². The van der Waals surface area contributed by atoms with Gasteiger partial charge in [0.2, 0.25) is 5.91 Å². The van der Waals surface area contributed by atoms with Crippen LogP contribution in [0.4, 0.5) is 4.79 Å². The molecule has 2 heterocycles. The number of unbranched alkanes of at least 4 members (excludes halogenated alkanes) is 2. The van der Waals surface area contributed by atoms with Crippen LogP contribution in [0.25, 0.3) is 0 Å². The van der Waals surface area contributed by atoms with Gasteiger partial charge in [-0.3, -0.25) is 4.79 Å². The lowest BCUT2D eigenvalue weighted by molar-refractivity contribution is -0.153. The van der Waals surface area contributed by atoms with Crippen molar-refractivity contribution in [2.45, 2.75) is 44.1 Å². The number of ether oxygens (including phenoxy) is 1. The fraction of sp³-hybridized carbons (Fsp3) is 0.833. The molecular weight excluding hydrogens is 252 g/mol. The molecule has 2 rings (SSSR count). The number of fused-ring (bicyclic) bond motifs is 1. The van der Waals surface area contributed by atoms with Gasteiger partial charge < -0.3 is 15.4 Å². The average molecular weight is 272 g/mol. The van der Waals surface area contributed by atoms with E-state index >= 15 is 0 Å². The molecule has 0 aliphatic carbocycles. The molecule has 2 fully saturated rings. The van der Waals surface area contributed by atoms with Crippen LogP contribution in [-0.2, 0) is 9.53 Å². The minimum atomic E-state index is -0.758. The van der Waals surface area contributed by atoms with Crippen LogP contribution in [0.2, 0.25) is 0 Å². The lowest BCUT2D eigenvalue weighted by Crippen LogP contribution is -2.64. The summed E-state index contributed by atoms with van der Waals surface area (Å²) < 4.78 is 4.95. The number of hydrogen-bond acceptors (Lipinski definition) is 4. The van der Waals surface area contributed by atoms with Gasteiger partial charge in [0.25, 0.3) is 0 Å². The summed E-state index contributed by atoms with van der Waals surface area (Å²) in [4.78, 5) is 24.5. The lowest BCUT2D eigenvalue weighted by Gasteiger charge is -2.51. The van der Waals surface area contributed by atoms with Crippen LogP contribution in [0.3, 0.4) is 0 Å². The minimum Gasteiger partial charge on any atom is -0.444 e. The van der Waals surface area contributed by atoms with Crippen molar-refractivity contribution in [2.75, 3.05) is 12.3 Å². The molecule has 0 aromatic rings. The van der Waals surface area contributed by atoms with E-state index in [0.717, 1.165) is 18.6 Å². The van der Waals surface area contributed by atoms with Gasteiger partial charge in [-0.15, -0.1) is 11.8 Å². The first-order valence-corrected chi connectivity index (χ1v) is 7.56. The zero-order chi connectivity index (χ0) is 13.1. The largest absolute Gasteiger partial charge is 0.444 e. The van der Waals surface area contributed by atoms with Crippen LogP contribution < -0.4 is 5.73 Å². The maximum absolute atomic E-state index is 12.0. The van der Waals surface area contributed by atoms with Crippen molar-refractivity contribution in [3.8, 4) is 0 Å². The highest BCUT2D eigenvalue weighted by Gasteiger charge is 2.50. The monoisotopic (exact) mass is 272 g/mol. The molecule has 2 aliphatic rings. The van der Waals surface area contributed by atoms with E-state index < -0.39 is 6.09 Å². The van der Waals surface area contributed by atoms with Gasteiger partial charge in [-0.25, -0.2) is 4.79 Å². The van der Waals surface area contributed by atoms with Gasteiger partial charge in [0, 0.05) is 5.75 Å². The molecule has 2 N–H and O–H groups in total. The third-order valence-corrected chi connectivity index (χ3v) is 5.00. The van der Waals surface area contributed by atoms with Crippen molar-refractivity contribution in [3.05, 3.63) is 0 Å². The van der Waals surface area contributed by atoms with Gasteiger partial charge in [0.15, 0.2) is 0 Å². The predicted molar refractivity (Wildman–Crippen MR) is 70.0 cm³/mol. The number of rotatable bonds is 5. The van der Waals surface area contributed by atoms with Gasteiger partial charge in [-0.2, -0.15) is 0 Å². The van der Waals surface area contributed by atoms with Crippen LogP contribution in [0.15, 0.2) is 0 Å². The fourth-order valence-electron chi connectivity index (χ4n) is 2.59. The van der Waals surface area contributed by atoms with E-state index in [1.54, 1.807) is 11.8 Å². The summed E-state index contributed by atoms with van der Waals surface area (Å²) in [6.45, 7) is 2.67. The molecule has 0 aromatic carbocycles. The maximum atomic E-state index is 12.0. The summed E-state index contributed by atoms with van der Waals surface area (Å²) in [6, 6.07) is 0. The number of carbonyl (C=O) groups is 2. The Morgan fingerprint density at radius 2 is 2.33 bits per heavy atom. The zero-order valence-electron chi connectivity index (χ0n) is 10.6. The molecule has 0 bridgehead atoms. The Labute approximate surface area is 111 Å². The van der Waals surface area contributed by atoms with E-state index in [1.165, 1.54) is 12.8 Å². The number of carbonyl (C=O) groups excluding carboxylic acids is 2. The Hall–Kier alpha value is -0.910. The minimum absolute atomic E-state index is 0.177. The number of amides is 2. The average Bonchev–Trinajstić information content (AvgIpc) is 2.34. The van der Waals surface area contributed by atoms with Crippen molar-refractivity contribution >= 4 is 23.8 Å². The molecule has 5 nitrogen and oxygen atoms in total. The molecule has 2 saturated heterocycles. The van der Waals surface area contributed by atoms with Crippen LogP contribution in [0.5, 0.6) is 0 Å². The summed E-state index contributed by atoms with van der Waals surface area (Å²) in [5.74, 6) is 1.12. The van der Waals surface area contributed by atoms with E-state index in [0.29, 0.717) is 11.9 Å². The number of β-lactam (4-membered cyclic amide) rings is 1. The first-order chi connectivity index (χ1) is 8.63. The third kappa shape index (κ3) is 2.74. The Kier molecular flexibility index (Phi) is 4.37. The standard InChI is InChI=1S/C12H20N2O3S/c1-2-3-4-5-9-10(15)14-6-8(17-12(13)16)7-18-11(9)14/h8-9,11H,2-7H2,1H3,(H2,13,16)/t8?,9?,11-/m0/s1. The van der Waals surface area contributed by atoms with Crippen LogP contribution in [-0.4, -0.2) is 40.7 Å². The molecule has 0 radical (unpaired) electrons. The highest BCUT2D eigenvalue weighted by Crippen LogP contribution is 2.41. The van der Waals surface area contributed by atoms with E-state index in [2.05, 4.69) is 6.92 Å². The zero-order valence-corrected chi connectivity index (χ0v) is 11.4. The second kappa shape index (κ2) is 5.82. The normalized spacial score (nSPS) is 30.6. The molecule has 6 heteroatoms. The molecule has 2 amide bonds. The number of hydrogen-bond donors (Lipinski definition) is 1. The Balaban J connectivity index is 1.80. The number of nitrogens with two attached hydrogens (primary N) is 1. The molecule has 0 spiro atoms. The smallest absolute Gasteiger partial charge is 0.404 e. The van der Waals surface area contributed by atoms with Crippen LogP contribution >= 0.6 is 11.8 Å². The van der Waals surface area contributed by atoms with Gasteiger partial charge in [0.1, 0.15) is 6.10 Å². The van der Waals surface area contributed by atoms with Crippen molar-refractivity contribution in [1.29, 1.82) is 0 Å². The molecule has 2 aliphatic heterocycles. The maximum Gasteiger partial charge on any atom is 0.404 e. The van der Waals surface area contributed by atoms with Gasteiger partial charge in [-0.1, -0.05) is 26.2 Å². The summed E-state index contributed by atoms with van der Waals surface area (Å²) in [5, 5.41) is 0.294. The van der Waals surface area contributed by atoms with Gasteiger partial charge in [-0.05, 0) is 6.42 Å². The number of thioether (sulfide) groups is 1. The SMILES string of the molecule is CCCCCC1C(=O)N2CC(OC(N)=O)CS[C@@H]12. The molecular formula is C12H20N2O3S. The number of nitrogens with zero attached hydrogens (tertiary/aromatic N) is 1. The highest BCUT2D eigenvalue weighted by molar-refractivity contribution is 8.00. The predicted octanol–water partition coefficient (Wildman–Crippen LogP) is 1.56. The Morgan fingerprint density at radius 1 is 1.56 bits per heavy atom. The summed E-state index contributed by atoms with van der Waals surface area (Å²) in [7, 11) is 0. The van der Waals surface area contributed by atoms with Crippen molar-refractivity contribution in [2.24, 2.45) is 11.7 Å². The van der Waals surface area contributed by atoms with E-state index in [1.807, 2.05) is 4.90 Å². The molecule has 18 heavy (non-hydrogen) atoms. The van der Waals surface area contributed by atoms with E-state index in [4.69, 9.17) is 10.5 Å². The summed E-state index contributed by atoms with van der Waals surface area (Å²) >= 11 is 1.71. The summed E-state index contributed by atoms with van der Waals surface area (Å²) in [6.07, 6.45) is 3.48. The van der Waals surface area contributed by atoms with Crippen molar-refractivity contribution < 1.29 is 14.3 Å². The van der Waals surface area contributed by atoms with Crippen LogP contribution in [0.1, 0.15) is 32.6 Å². The van der Waals surface area contributed by atoms with Gasteiger partial charge in [0.05, 0.1) is 17.8 Å². The fourth-order valence-corrected chi connectivity index (χ4v) is 4.03. The molecule has 0 saturated carbocycles. The quantitative estimate of drug-likeness (QED) is 0.609. The first kappa shape index (κ1) is 13.5. The van der Waals surface area contributed by atoms with E-state index in [-0.39, 0.29) is 17.9 Å². The second-order valence-electron chi connectivity index (χ2n) is 4.88. The van der Waals surface area contributed by atoms with E-state index in [9.17, 15) is 9.59 Å². The van der Waals surface area contributed by atoms with Crippen molar-refractivity contribution in [1.82, 2.24) is 4.90 Å². The number of primary amides is 1. The Morgan fingerprint density at radius 3 is 3.00 bits per heavy atom. The highest BCUT2D eigenvalue weighted by atomic mass is 32.2. The molecule has 0 aromatic heterocycles.